The van der Waals surface area contributed by atoms with Gasteiger partial charge in [-0.05, 0) is 24.6 Å². The molecule has 2 unspecified atom stereocenters. The lowest BCUT2D eigenvalue weighted by atomic mass is 10.0. The van der Waals surface area contributed by atoms with E-state index in [4.69, 9.17) is 5.73 Å². The van der Waals surface area contributed by atoms with Crippen LogP contribution in [0, 0.1) is 5.92 Å². The molecule has 23 heavy (non-hydrogen) atoms. The fourth-order valence-electron chi connectivity index (χ4n) is 2.34. The number of hydrogen-bond donors (Lipinski definition) is 2. The van der Waals surface area contributed by atoms with Crippen molar-refractivity contribution in [2.45, 2.75) is 26.4 Å². The minimum atomic E-state index is -0.234. The van der Waals surface area contributed by atoms with Crippen LogP contribution in [0.15, 0.2) is 54.6 Å². The van der Waals surface area contributed by atoms with Crippen LogP contribution < -0.4 is 16.0 Å². The average molecular weight is 311 g/mol. The molecule has 2 aromatic carbocycles. The molecule has 0 aromatic heterocycles. The molecule has 0 bridgehead atoms. The van der Waals surface area contributed by atoms with Gasteiger partial charge in [-0.3, -0.25) is 4.79 Å². The second kappa shape index (κ2) is 7.79. The van der Waals surface area contributed by atoms with Gasteiger partial charge in [0.05, 0.1) is 17.3 Å². The van der Waals surface area contributed by atoms with Gasteiger partial charge in [0.1, 0.15) is 0 Å². The van der Waals surface area contributed by atoms with E-state index in [0.29, 0.717) is 0 Å². The first-order valence-electron chi connectivity index (χ1n) is 7.89. The van der Waals surface area contributed by atoms with Crippen molar-refractivity contribution in [1.82, 2.24) is 0 Å². The van der Waals surface area contributed by atoms with Crippen molar-refractivity contribution in [3.63, 3.8) is 0 Å². The third kappa shape index (κ3) is 4.57. The van der Waals surface area contributed by atoms with Crippen molar-refractivity contribution >= 4 is 17.3 Å². The predicted molar refractivity (Wildman–Crippen MR) is 96.4 cm³/mol. The number of amides is 1. The summed E-state index contributed by atoms with van der Waals surface area (Å²) in [5.41, 5.74) is 8.84. The van der Waals surface area contributed by atoms with Gasteiger partial charge in [-0.1, -0.05) is 49.4 Å². The van der Waals surface area contributed by atoms with Crippen LogP contribution in [0.25, 0.3) is 0 Å². The largest absolute Gasteiger partial charge is 0.369 e. The van der Waals surface area contributed by atoms with E-state index < -0.39 is 0 Å². The number of hydrogen-bond acceptors (Lipinski definition) is 3. The summed E-state index contributed by atoms with van der Waals surface area (Å²) in [5, 5.41) is 3.00. The number of para-hydroxylation sites is 2. The van der Waals surface area contributed by atoms with E-state index >= 15 is 0 Å². The number of nitrogens with one attached hydrogen (secondary N) is 1. The van der Waals surface area contributed by atoms with Crippen LogP contribution in [0.1, 0.15) is 19.4 Å². The molecule has 0 aliphatic rings. The topological polar surface area (TPSA) is 58.4 Å². The Labute approximate surface area is 138 Å². The van der Waals surface area contributed by atoms with Crippen LogP contribution in [0.3, 0.4) is 0 Å². The molecule has 4 nitrogen and oxygen atoms in total. The maximum Gasteiger partial charge on any atom is 0.228 e. The van der Waals surface area contributed by atoms with Crippen molar-refractivity contribution in [3.05, 3.63) is 60.2 Å². The highest BCUT2D eigenvalue weighted by Gasteiger charge is 2.18. The van der Waals surface area contributed by atoms with Crippen LogP contribution >= 0.6 is 0 Å². The zero-order chi connectivity index (χ0) is 16.8. The summed E-state index contributed by atoms with van der Waals surface area (Å²) in [6.45, 7) is 4.46. The molecule has 0 fully saturated rings. The highest BCUT2D eigenvalue weighted by Crippen LogP contribution is 2.26. The van der Waals surface area contributed by atoms with E-state index in [0.717, 1.165) is 17.9 Å². The monoisotopic (exact) mass is 311 g/mol. The molecule has 2 aromatic rings. The van der Waals surface area contributed by atoms with Gasteiger partial charge in [-0.25, -0.2) is 0 Å². The predicted octanol–water partition coefficient (Wildman–Crippen LogP) is 3.24. The summed E-state index contributed by atoms with van der Waals surface area (Å²) in [6, 6.07) is 17.9. The zero-order valence-corrected chi connectivity index (χ0v) is 14.0. The summed E-state index contributed by atoms with van der Waals surface area (Å²) in [5.74, 6) is -0.289. The van der Waals surface area contributed by atoms with E-state index in [-0.39, 0.29) is 17.9 Å². The maximum atomic E-state index is 12.3. The van der Waals surface area contributed by atoms with Gasteiger partial charge in [-0.15, -0.1) is 0 Å². The normalized spacial score (nSPS) is 13.2. The second-order valence-electron chi connectivity index (χ2n) is 6.00. The van der Waals surface area contributed by atoms with Crippen molar-refractivity contribution in [1.29, 1.82) is 0 Å². The van der Waals surface area contributed by atoms with Crippen molar-refractivity contribution in [3.8, 4) is 0 Å². The number of benzene rings is 2. The fourth-order valence-corrected chi connectivity index (χ4v) is 2.34. The first-order valence-corrected chi connectivity index (χ1v) is 7.89. The Hall–Kier alpha value is -2.33. The number of nitrogens with two attached hydrogens (primary N) is 1. The Morgan fingerprint density at radius 3 is 2.35 bits per heavy atom. The molecule has 2 rings (SSSR count). The van der Waals surface area contributed by atoms with Crippen LogP contribution in [0.5, 0.6) is 0 Å². The van der Waals surface area contributed by atoms with E-state index in [9.17, 15) is 4.79 Å². The number of anilines is 2. The number of rotatable bonds is 6. The highest BCUT2D eigenvalue weighted by molar-refractivity contribution is 5.96. The van der Waals surface area contributed by atoms with Crippen LogP contribution in [-0.2, 0) is 11.3 Å². The van der Waals surface area contributed by atoms with Crippen molar-refractivity contribution in [2.24, 2.45) is 11.7 Å². The average Bonchev–Trinajstić information content (AvgIpc) is 2.55. The lowest BCUT2D eigenvalue weighted by Gasteiger charge is -2.24. The van der Waals surface area contributed by atoms with Gasteiger partial charge in [0, 0.05) is 19.6 Å². The minimum absolute atomic E-state index is 0.0550. The molecule has 122 valence electrons. The van der Waals surface area contributed by atoms with Crippen LogP contribution in [-0.4, -0.2) is 19.0 Å². The molecule has 1 amide bonds. The molecule has 0 heterocycles. The van der Waals surface area contributed by atoms with Crippen LogP contribution in [0.2, 0.25) is 0 Å². The molecule has 4 heteroatoms. The molecule has 0 aliphatic heterocycles. The number of carbonyl (C=O) groups is 1. The Balaban J connectivity index is 2.15. The Bertz CT molecular complexity index is 640. The fraction of sp³-hybridized carbons (Fsp3) is 0.316. The standard InChI is InChI=1S/C19H25N3O/c1-14(15(2)20)19(23)21-17-11-7-8-12-18(17)22(3)13-16-9-5-4-6-10-16/h4-12,14-15H,13,20H2,1-3H3,(H,21,23). The van der Waals surface area contributed by atoms with Crippen LogP contribution in [0.4, 0.5) is 11.4 Å². The Morgan fingerprint density at radius 1 is 1.09 bits per heavy atom. The smallest absolute Gasteiger partial charge is 0.228 e. The Kier molecular flexibility index (Phi) is 5.77. The summed E-state index contributed by atoms with van der Waals surface area (Å²) in [6.07, 6.45) is 0. The lowest BCUT2D eigenvalue weighted by molar-refractivity contribution is -0.119. The summed E-state index contributed by atoms with van der Waals surface area (Å²) >= 11 is 0. The SMILES string of the molecule is CC(N)C(C)C(=O)Nc1ccccc1N(C)Cc1ccccc1. The van der Waals surface area contributed by atoms with Gasteiger partial charge in [0.25, 0.3) is 0 Å². The molecule has 2 atom stereocenters. The second-order valence-corrected chi connectivity index (χ2v) is 6.00. The quantitative estimate of drug-likeness (QED) is 0.861. The van der Waals surface area contributed by atoms with Crippen molar-refractivity contribution in [2.75, 3.05) is 17.3 Å². The number of nitrogens with zero attached hydrogens (tertiary/aromatic N) is 1. The van der Waals surface area contributed by atoms with Gasteiger partial charge >= 0.3 is 0 Å². The van der Waals surface area contributed by atoms with Gasteiger partial charge in [0.15, 0.2) is 0 Å². The zero-order valence-electron chi connectivity index (χ0n) is 14.0. The molecule has 0 saturated heterocycles. The minimum Gasteiger partial charge on any atom is -0.369 e. The van der Waals surface area contributed by atoms with Gasteiger partial charge < -0.3 is 16.0 Å². The third-order valence-electron chi connectivity index (χ3n) is 4.04. The molecule has 0 aliphatic carbocycles. The first-order chi connectivity index (χ1) is 11.0. The highest BCUT2D eigenvalue weighted by atomic mass is 16.1. The summed E-state index contributed by atoms with van der Waals surface area (Å²) in [7, 11) is 2.02. The summed E-state index contributed by atoms with van der Waals surface area (Å²) < 4.78 is 0. The molecule has 0 saturated carbocycles. The molecular weight excluding hydrogens is 286 g/mol. The lowest BCUT2D eigenvalue weighted by Crippen LogP contribution is -2.34. The van der Waals surface area contributed by atoms with E-state index in [2.05, 4.69) is 22.3 Å². The molecule has 3 N–H and O–H groups in total. The van der Waals surface area contributed by atoms with Gasteiger partial charge in [-0.2, -0.15) is 0 Å². The molecule has 0 spiro atoms. The van der Waals surface area contributed by atoms with Crippen molar-refractivity contribution < 1.29 is 4.79 Å². The molecular formula is C19H25N3O. The third-order valence-corrected chi connectivity index (χ3v) is 4.04. The van der Waals surface area contributed by atoms with E-state index in [1.807, 2.05) is 63.4 Å². The first kappa shape index (κ1) is 17.0. The Morgan fingerprint density at radius 2 is 1.70 bits per heavy atom. The van der Waals surface area contributed by atoms with E-state index in [1.54, 1.807) is 0 Å². The maximum absolute atomic E-state index is 12.3. The molecule has 0 radical (unpaired) electrons. The summed E-state index contributed by atoms with van der Waals surface area (Å²) in [4.78, 5) is 14.4. The van der Waals surface area contributed by atoms with Gasteiger partial charge in [0.2, 0.25) is 5.91 Å². The number of carbonyl (C=O) groups excluding carboxylic acids is 1. The van der Waals surface area contributed by atoms with E-state index in [1.165, 1.54) is 5.56 Å².